The molecule has 23 heavy (non-hydrogen) atoms. The summed E-state index contributed by atoms with van der Waals surface area (Å²) >= 11 is 0. The molecule has 1 N–H and O–H groups in total. The first-order chi connectivity index (χ1) is 11.3. The number of hydrogen-bond donors (Lipinski definition) is 1. The summed E-state index contributed by atoms with van der Waals surface area (Å²) in [7, 11) is 0. The average molecular weight is 305 g/mol. The van der Waals surface area contributed by atoms with Gasteiger partial charge in [0, 0.05) is 37.8 Å². The SMILES string of the molecule is O=C(NCCc1cn2ccccc2n1)c1cn2ccccc2n1. The van der Waals surface area contributed by atoms with Crippen molar-refractivity contribution in [3.63, 3.8) is 0 Å². The lowest BCUT2D eigenvalue weighted by Gasteiger charge is -2.00. The molecular weight excluding hydrogens is 290 g/mol. The highest BCUT2D eigenvalue weighted by Crippen LogP contribution is 2.06. The Balaban J connectivity index is 1.41. The van der Waals surface area contributed by atoms with Crippen LogP contribution in [0.25, 0.3) is 11.3 Å². The molecule has 4 rings (SSSR count). The molecule has 0 unspecified atom stereocenters. The molecule has 6 nitrogen and oxygen atoms in total. The predicted octanol–water partition coefficient (Wildman–Crippen LogP) is 1.95. The molecule has 0 aromatic carbocycles. The lowest BCUT2D eigenvalue weighted by molar-refractivity contribution is 0.0949. The zero-order valence-corrected chi connectivity index (χ0v) is 12.4. The van der Waals surface area contributed by atoms with E-state index in [4.69, 9.17) is 0 Å². The van der Waals surface area contributed by atoms with Crippen molar-refractivity contribution in [1.82, 2.24) is 24.1 Å². The molecule has 0 spiro atoms. The maximum atomic E-state index is 12.2. The number of hydrogen-bond acceptors (Lipinski definition) is 3. The smallest absolute Gasteiger partial charge is 0.271 e. The van der Waals surface area contributed by atoms with Gasteiger partial charge in [0.05, 0.1) is 5.69 Å². The van der Waals surface area contributed by atoms with Crippen molar-refractivity contribution in [3.8, 4) is 0 Å². The Morgan fingerprint density at radius 1 is 0.957 bits per heavy atom. The Bertz CT molecular complexity index is 919. The minimum absolute atomic E-state index is 0.169. The summed E-state index contributed by atoms with van der Waals surface area (Å²) in [6, 6.07) is 11.5. The molecule has 0 radical (unpaired) electrons. The standard InChI is InChI=1S/C17H15N5O/c23-17(14-12-22-10-4-2-6-16(22)20-14)18-8-7-13-11-21-9-3-1-5-15(21)19-13/h1-6,9-12H,7-8H2,(H,18,23). The monoisotopic (exact) mass is 305 g/mol. The van der Waals surface area contributed by atoms with Crippen molar-refractivity contribution < 1.29 is 4.79 Å². The predicted molar refractivity (Wildman–Crippen MR) is 86.4 cm³/mol. The van der Waals surface area contributed by atoms with Crippen LogP contribution in [-0.4, -0.2) is 31.2 Å². The van der Waals surface area contributed by atoms with E-state index in [9.17, 15) is 4.79 Å². The summed E-state index contributed by atoms with van der Waals surface area (Å²) in [5.41, 5.74) is 3.05. The van der Waals surface area contributed by atoms with E-state index in [2.05, 4.69) is 15.3 Å². The first-order valence-electron chi connectivity index (χ1n) is 7.44. The zero-order chi connectivity index (χ0) is 15.6. The van der Waals surface area contributed by atoms with Gasteiger partial charge in [-0.15, -0.1) is 0 Å². The molecule has 0 fully saturated rings. The van der Waals surface area contributed by atoms with Crippen LogP contribution >= 0.6 is 0 Å². The van der Waals surface area contributed by atoms with Crippen LogP contribution in [0, 0.1) is 0 Å². The Morgan fingerprint density at radius 2 is 1.65 bits per heavy atom. The maximum absolute atomic E-state index is 12.2. The van der Waals surface area contributed by atoms with Gasteiger partial charge in [-0.1, -0.05) is 12.1 Å². The van der Waals surface area contributed by atoms with E-state index in [0.717, 1.165) is 17.0 Å². The number of imidazole rings is 2. The molecule has 0 aliphatic heterocycles. The van der Waals surface area contributed by atoms with Crippen molar-refractivity contribution >= 4 is 17.2 Å². The van der Waals surface area contributed by atoms with Gasteiger partial charge in [-0.2, -0.15) is 0 Å². The molecule has 0 saturated carbocycles. The summed E-state index contributed by atoms with van der Waals surface area (Å²) in [4.78, 5) is 21.0. The molecule has 0 aliphatic rings. The topological polar surface area (TPSA) is 63.7 Å². The molecule has 0 bridgehead atoms. The van der Waals surface area contributed by atoms with Gasteiger partial charge in [0.1, 0.15) is 17.0 Å². The molecule has 0 atom stereocenters. The van der Waals surface area contributed by atoms with Crippen LogP contribution in [0.4, 0.5) is 0 Å². The second-order valence-corrected chi connectivity index (χ2v) is 5.30. The van der Waals surface area contributed by atoms with Crippen LogP contribution in [0.1, 0.15) is 16.2 Å². The minimum Gasteiger partial charge on any atom is -0.350 e. The van der Waals surface area contributed by atoms with Crippen LogP contribution in [0.3, 0.4) is 0 Å². The van der Waals surface area contributed by atoms with Crippen LogP contribution in [0.5, 0.6) is 0 Å². The highest BCUT2D eigenvalue weighted by molar-refractivity contribution is 5.92. The first-order valence-corrected chi connectivity index (χ1v) is 7.44. The number of nitrogens with zero attached hydrogens (tertiary/aromatic N) is 4. The van der Waals surface area contributed by atoms with Gasteiger partial charge in [-0.3, -0.25) is 4.79 Å². The van der Waals surface area contributed by atoms with Crippen molar-refractivity contribution in [3.05, 3.63) is 72.6 Å². The lowest BCUT2D eigenvalue weighted by Crippen LogP contribution is -2.26. The number of aromatic nitrogens is 4. The molecule has 1 amide bonds. The van der Waals surface area contributed by atoms with E-state index >= 15 is 0 Å². The van der Waals surface area contributed by atoms with Gasteiger partial charge >= 0.3 is 0 Å². The third kappa shape index (κ3) is 2.66. The van der Waals surface area contributed by atoms with Gasteiger partial charge in [0.25, 0.3) is 5.91 Å². The minimum atomic E-state index is -0.169. The molecule has 4 heterocycles. The van der Waals surface area contributed by atoms with E-state index in [1.807, 2.05) is 63.8 Å². The number of fused-ring (bicyclic) bond motifs is 2. The van der Waals surface area contributed by atoms with Crippen molar-refractivity contribution in [2.45, 2.75) is 6.42 Å². The Hall–Kier alpha value is -3.15. The summed E-state index contributed by atoms with van der Waals surface area (Å²) in [6.07, 6.45) is 8.22. The first kappa shape index (κ1) is 13.5. The highest BCUT2D eigenvalue weighted by atomic mass is 16.1. The van der Waals surface area contributed by atoms with Gasteiger partial charge in [-0.25, -0.2) is 9.97 Å². The fraction of sp³-hybridized carbons (Fsp3) is 0.118. The Labute approximate surface area is 132 Å². The molecule has 0 saturated heterocycles. The maximum Gasteiger partial charge on any atom is 0.271 e. The number of carbonyl (C=O) groups excluding carboxylic acids is 1. The zero-order valence-electron chi connectivity index (χ0n) is 12.4. The fourth-order valence-electron chi connectivity index (χ4n) is 2.55. The summed E-state index contributed by atoms with van der Waals surface area (Å²) in [6.45, 7) is 0.524. The van der Waals surface area contributed by atoms with Gasteiger partial charge in [-0.05, 0) is 24.3 Å². The number of amides is 1. The molecule has 0 aliphatic carbocycles. The highest BCUT2D eigenvalue weighted by Gasteiger charge is 2.10. The van der Waals surface area contributed by atoms with E-state index in [1.54, 1.807) is 6.20 Å². The van der Waals surface area contributed by atoms with E-state index < -0.39 is 0 Å². The number of nitrogens with one attached hydrogen (secondary N) is 1. The molecular formula is C17H15N5O. The van der Waals surface area contributed by atoms with Crippen molar-refractivity contribution in [1.29, 1.82) is 0 Å². The summed E-state index contributed by atoms with van der Waals surface area (Å²) in [5.74, 6) is -0.169. The largest absolute Gasteiger partial charge is 0.350 e. The third-order valence-corrected chi connectivity index (χ3v) is 3.68. The van der Waals surface area contributed by atoms with Gasteiger partial charge < -0.3 is 14.1 Å². The van der Waals surface area contributed by atoms with Crippen molar-refractivity contribution in [2.24, 2.45) is 0 Å². The Kier molecular flexibility index (Phi) is 3.27. The van der Waals surface area contributed by atoms with E-state index in [0.29, 0.717) is 18.7 Å². The second-order valence-electron chi connectivity index (χ2n) is 5.30. The molecule has 4 aromatic rings. The number of pyridine rings is 2. The number of rotatable bonds is 4. The molecule has 6 heteroatoms. The second kappa shape index (κ2) is 5.57. The lowest BCUT2D eigenvalue weighted by atomic mass is 10.3. The fourth-order valence-corrected chi connectivity index (χ4v) is 2.55. The average Bonchev–Trinajstić information content (AvgIpc) is 3.18. The Morgan fingerprint density at radius 3 is 2.35 bits per heavy atom. The van der Waals surface area contributed by atoms with Crippen LogP contribution in [-0.2, 0) is 6.42 Å². The normalized spacial score (nSPS) is 11.1. The van der Waals surface area contributed by atoms with E-state index in [1.165, 1.54) is 0 Å². The summed E-state index contributed by atoms with van der Waals surface area (Å²) in [5, 5.41) is 2.89. The third-order valence-electron chi connectivity index (χ3n) is 3.68. The number of carbonyl (C=O) groups is 1. The van der Waals surface area contributed by atoms with Crippen molar-refractivity contribution in [2.75, 3.05) is 6.54 Å². The molecule has 114 valence electrons. The summed E-state index contributed by atoms with van der Waals surface area (Å²) < 4.78 is 3.80. The van der Waals surface area contributed by atoms with Crippen LogP contribution in [0.15, 0.2) is 61.2 Å². The van der Waals surface area contributed by atoms with Gasteiger partial charge in [0.15, 0.2) is 0 Å². The van der Waals surface area contributed by atoms with Crippen LogP contribution < -0.4 is 5.32 Å². The van der Waals surface area contributed by atoms with Gasteiger partial charge in [0.2, 0.25) is 0 Å². The van der Waals surface area contributed by atoms with E-state index in [-0.39, 0.29) is 5.91 Å². The quantitative estimate of drug-likeness (QED) is 0.627. The molecule has 4 aromatic heterocycles. The van der Waals surface area contributed by atoms with Crippen LogP contribution in [0.2, 0.25) is 0 Å².